The van der Waals surface area contributed by atoms with Crippen molar-refractivity contribution in [3.8, 4) is 5.82 Å². The molecule has 1 amide bonds. The van der Waals surface area contributed by atoms with E-state index < -0.39 is 17.6 Å². The third kappa shape index (κ3) is 4.08. The Morgan fingerprint density at radius 1 is 1.19 bits per heavy atom. The van der Waals surface area contributed by atoms with Gasteiger partial charge in [-0.2, -0.15) is 13.2 Å². The van der Waals surface area contributed by atoms with Crippen molar-refractivity contribution in [2.24, 2.45) is 0 Å². The molecule has 27 heavy (non-hydrogen) atoms. The number of hydrogen-bond acceptors (Lipinski definition) is 4. The number of alkyl halides is 3. The van der Waals surface area contributed by atoms with E-state index in [9.17, 15) is 18.0 Å². The van der Waals surface area contributed by atoms with Crippen molar-refractivity contribution in [2.45, 2.75) is 6.18 Å². The summed E-state index contributed by atoms with van der Waals surface area (Å²) in [6.07, 6.45) is 1.72. The molecule has 1 aromatic carbocycles. The van der Waals surface area contributed by atoms with Gasteiger partial charge >= 0.3 is 6.18 Å². The van der Waals surface area contributed by atoms with E-state index in [1.807, 2.05) is 0 Å². The SMILES string of the molecule is CN(C)c1ccc(C(F)(F)F)cc1NC(=O)c1ccc(-n2ccnc2)nc1. The summed E-state index contributed by atoms with van der Waals surface area (Å²) in [5, 5.41) is 2.54. The summed E-state index contributed by atoms with van der Waals surface area (Å²) in [6.45, 7) is 0. The highest BCUT2D eigenvalue weighted by Crippen LogP contribution is 2.35. The van der Waals surface area contributed by atoms with Crippen LogP contribution in [0.1, 0.15) is 15.9 Å². The van der Waals surface area contributed by atoms with Crippen molar-refractivity contribution in [3.63, 3.8) is 0 Å². The quantitative estimate of drug-likeness (QED) is 0.757. The lowest BCUT2D eigenvalue weighted by Crippen LogP contribution is -2.18. The molecule has 0 saturated heterocycles. The van der Waals surface area contributed by atoms with Crippen LogP contribution in [0, 0.1) is 0 Å². The maximum Gasteiger partial charge on any atom is 0.416 e. The summed E-state index contributed by atoms with van der Waals surface area (Å²) < 4.78 is 40.7. The molecule has 1 N–H and O–H groups in total. The van der Waals surface area contributed by atoms with Crippen LogP contribution in [-0.4, -0.2) is 34.5 Å². The van der Waals surface area contributed by atoms with Crippen LogP contribution < -0.4 is 10.2 Å². The molecular formula is C18H16F3N5O. The van der Waals surface area contributed by atoms with Crippen LogP contribution in [0.2, 0.25) is 0 Å². The molecule has 3 aromatic rings. The van der Waals surface area contributed by atoms with Gasteiger partial charge in [-0.25, -0.2) is 9.97 Å². The first-order chi connectivity index (χ1) is 12.8. The molecule has 0 fully saturated rings. The number of pyridine rings is 1. The standard InChI is InChI=1S/C18H16F3N5O/c1-25(2)15-5-4-13(18(19,20)21)9-14(15)24-17(27)12-3-6-16(23-10-12)26-8-7-22-11-26/h3-11H,1-2H3,(H,24,27). The van der Waals surface area contributed by atoms with E-state index in [-0.39, 0.29) is 11.3 Å². The lowest BCUT2D eigenvalue weighted by Gasteiger charge is -2.19. The van der Waals surface area contributed by atoms with E-state index in [0.29, 0.717) is 11.5 Å². The Hall–Kier alpha value is -3.36. The molecule has 9 heteroatoms. The number of amides is 1. The van der Waals surface area contributed by atoms with Crippen LogP contribution in [-0.2, 0) is 6.18 Å². The highest BCUT2D eigenvalue weighted by atomic mass is 19.4. The number of hydrogen-bond donors (Lipinski definition) is 1. The summed E-state index contributed by atoms with van der Waals surface area (Å²) in [5.74, 6) is 0.0132. The normalized spacial score (nSPS) is 11.3. The first-order valence-electron chi connectivity index (χ1n) is 7.90. The van der Waals surface area contributed by atoms with Gasteiger partial charge in [0.2, 0.25) is 0 Å². The lowest BCUT2D eigenvalue weighted by atomic mass is 10.1. The minimum absolute atomic E-state index is 0.0681. The predicted octanol–water partition coefficient (Wildman–Crippen LogP) is 3.60. The molecule has 6 nitrogen and oxygen atoms in total. The Morgan fingerprint density at radius 3 is 2.52 bits per heavy atom. The molecule has 3 rings (SSSR count). The van der Waals surface area contributed by atoms with Crippen molar-refractivity contribution in [2.75, 3.05) is 24.3 Å². The van der Waals surface area contributed by atoms with Gasteiger partial charge in [0.25, 0.3) is 5.91 Å². The van der Waals surface area contributed by atoms with E-state index >= 15 is 0 Å². The van der Waals surface area contributed by atoms with Crippen LogP contribution in [0.5, 0.6) is 0 Å². The second kappa shape index (κ2) is 7.10. The number of aromatic nitrogens is 3. The number of rotatable bonds is 4. The highest BCUT2D eigenvalue weighted by molar-refractivity contribution is 6.05. The molecule has 0 bridgehead atoms. The zero-order valence-electron chi connectivity index (χ0n) is 14.5. The zero-order valence-corrected chi connectivity index (χ0v) is 14.5. The van der Waals surface area contributed by atoms with Crippen molar-refractivity contribution in [1.82, 2.24) is 14.5 Å². The van der Waals surface area contributed by atoms with Gasteiger partial charge in [0.15, 0.2) is 0 Å². The van der Waals surface area contributed by atoms with Crippen molar-refractivity contribution in [1.29, 1.82) is 0 Å². The number of nitrogens with one attached hydrogen (secondary N) is 1. The van der Waals surface area contributed by atoms with Gasteiger partial charge in [0.1, 0.15) is 12.1 Å². The van der Waals surface area contributed by atoms with Gasteiger partial charge in [0, 0.05) is 32.7 Å². The van der Waals surface area contributed by atoms with E-state index in [1.54, 1.807) is 54.4 Å². The van der Waals surface area contributed by atoms with Crippen LogP contribution in [0.4, 0.5) is 24.5 Å². The summed E-state index contributed by atoms with van der Waals surface area (Å²) in [6, 6.07) is 6.38. The van der Waals surface area contributed by atoms with Gasteiger partial charge in [-0.05, 0) is 30.3 Å². The highest BCUT2D eigenvalue weighted by Gasteiger charge is 2.31. The van der Waals surface area contributed by atoms with Crippen LogP contribution >= 0.6 is 0 Å². The molecule has 0 atom stereocenters. The summed E-state index contributed by atoms with van der Waals surface area (Å²) in [5.41, 5.74) is -0.0872. The van der Waals surface area contributed by atoms with Gasteiger partial charge in [-0.1, -0.05) is 0 Å². The van der Waals surface area contributed by atoms with Gasteiger partial charge < -0.3 is 10.2 Å². The Kier molecular flexibility index (Phi) is 4.85. The third-order valence-corrected chi connectivity index (χ3v) is 3.83. The molecular weight excluding hydrogens is 359 g/mol. The number of halogens is 3. The fourth-order valence-electron chi connectivity index (χ4n) is 2.46. The molecule has 0 aliphatic carbocycles. The van der Waals surface area contributed by atoms with Gasteiger partial charge in [-0.15, -0.1) is 0 Å². The molecule has 0 saturated carbocycles. The molecule has 0 spiro atoms. The predicted molar refractivity (Wildman–Crippen MR) is 95.1 cm³/mol. The second-order valence-electron chi connectivity index (χ2n) is 5.95. The maximum absolute atomic E-state index is 13.0. The number of imidazole rings is 1. The Bertz CT molecular complexity index is 935. The van der Waals surface area contributed by atoms with Crippen molar-refractivity contribution >= 4 is 17.3 Å². The zero-order chi connectivity index (χ0) is 19.6. The fourth-order valence-corrected chi connectivity index (χ4v) is 2.46. The molecule has 0 aliphatic heterocycles. The lowest BCUT2D eigenvalue weighted by molar-refractivity contribution is -0.137. The molecule has 0 unspecified atom stereocenters. The number of anilines is 2. The Morgan fingerprint density at radius 2 is 1.96 bits per heavy atom. The average Bonchev–Trinajstić information content (AvgIpc) is 3.15. The molecule has 0 radical (unpaired) electrons. The van der Waals surface area contributed by atoms with E-state index in [2.05, 4.69) is 15.3 Å². The largest absolute Gasteiger partial charge is 0.416 e. The first kappa shape index (κ1) is 18.4. The van der Waals surface area contributed by atoms with E-state index in [4.69, 9.17) is 0 Å². The number of carbonyl (C=O) groups excluding carboxylic acids is 1. The van der Waals surface area contributed by atoms with E-state index in [1.165, 1.54) is 12.3 Å². The first-order valence-corrected chi connectivity index (χ1v) is 7.90. The smallest absolute Gasteiger partial charge is 0.376 e. The molecule has 0 aliphatic rings. The monoisotopic (exact) mass is 375 g/mol. The number of benzene rings is 1. The maximum atomic E-state index is 13.0. The van der Waals surface area contributed by atoms with Crippen molar-refractivity contribution in [3.05, 3.63) is 66.4 Å². The average molecular weight is 375 g/mol. The molecule has 140 valence electrons. The summed E-state index contributed by atoms with van der Waals surface area (Å²) in [4.78, 5) is 22.2. The van der Waals surface area contributed by atoms with Crippen LogP contribution in [0.3, 0.4) is 0 Å². The van der Waals surface area contributed by atoms with Gasteiger partial charge in [-0.3, -0.25) is 9.36 Å². The van der Waals surface area contributed by atoms with Crippen molar-refractivity contribution < 1.29 is 18.0 Å². The van der Waals surface area contributed by atoms with Crippen LogP contribution in [0.25, 0.3) is 5.82 Å². The summed E-state index contributed by atoms with van der Waals surface area (Å²) >= 11 is 0. The van der Waals surface area contributed by atoms with E-state index in [0.717, 1.165) is 12.1 Å². The molecule has 2 aromatic heterocycles. The molecule has 2 heterocycles. The Balaban J connectivity index is 1.86. The Labute approximate surface area is 153 Å². The minimum Gasteiger partial charge on any atom is -0.376 e. The minimum atomic E-state index is -4.50. The van der Waals surface area contributed by atoms with Crippen LogP contribution in [0.15, 0.2) is 55.2 Å². The second-order valence-corrected chi connectivity index (χ2v) is 5.95. The number of carbonyl (C=O) groups is 1. The summed E-state index contributed by atoms with van der Waals surface area (Å²) in [7, 11) is 3.36. The fraction of sp³-hybridized carbons (Fsp3) is 0.167. The van der Waals surface area contributed by atoms with Gasteiger partial charge in [0.05, 0.1) is 22.5 Å². The number of nitrogens with zero attached hydrogens (tertiary/aromatic N) is 4. The topological polar surface area (TPSA) is 63.1 Å². The third-order valence-electron chi connectivity index (χ3n) is 3.83.